The Labute approximate surface area is 121 Å². The van der Waals surface area contributed by atoms with Crippen LogP contribution in [0.15, 0.2) is 12.3 Å². The van der Waals surface area contributed by atoms with E-state index in [0.29, 0.717) is 17.4 Å². The number of rotatable bonds is 4. The molecule has 0 spiro atoms. The van der Waals surface area contributed by atoms with E-state index in [4.69, 9.17) is 0 Å². The van der Waals surface area contributed by atoms with E-state index in [9.17, 15) is 4.79 Å². The molecule has 20 heavy (non-hydrogen) atoms. The minimum Gasteiger partial charge on any atom is -0.347 e. The average Bonchev–Trinajstić information content (AvgIpc) is 2.75. The summed E-state index contributed by atoms with van der Waals surface area (Å²) in [7, 11) is 3.75. The number of amides is 1. The Kier molecular flexibility index (Phi) is 4.29. The summed E-state index contributed by atoms with van der Waals surface area (Å²) in [4.78, 5) is 27.3. The van der Waals surface area contributed by atoms with Crippen molar-refractivity contribution < 1.29 is 4.79 Å². The average molecular weight is 291 g/mol. The van der Waals surface area contributed by atoms with Crippen LogP contribution in [-0.4, -0.2) is 35.0 Å². The molecule has 0 bridgehead atoms. The van der Waals surface area contributed by atoms with E-state index in [0.717, 1.165) is 16.4 Å². The second-order valence-electron chi connectivity index (χ2n) is 4.57. The molecule has 0 saturated carbocycles. The Hall–Kier alpha value is -2.02. The van der Waals surface area contributed by atoms with Crippen LogP contribution in [0.2, 0.25) is 0 Å². The summed E-state index contributed by atoms with van der Waals surface area (Å²) in [6, 6.07) is 1.79. The molecule has 0 aliphatic carbocycles. The quantitative estimate of drug-likeness (QED) is 0.925. The molecule has 0 radical (unpaired) electrons. The summed E-state index contributed by atoms with van der Waals surface area (Å²) in [5.74, 6) is 0.514. The van der Waals surface area contributed by atoms with Crippen LogP contribution in [0.1, 0.15) is 26.1 Å². The maximum Gasteiger partial charge on any atom is 0.263 e. The second-order valence-corrected chi connectivity index (χ2v) is 5.78. The zero-order valence-corrected chi connectivity index (χ0v) is 12.8. The van der Waals surface area contributed by atoms with E-state index in [1.807, 2.05) is 32.8 Å². The van der Waals surface area contributed by atoms with Crippen LogP contribution in [0.5, 0.6) is 0 Å². The van der Waals surface area contributed by atoms with Crippen molar-refractivity contribution in [3.05, 3.63) is 33.5 Å². The van der Waals surface area contributed by atoms with Gasteiger partial charge in [-0.05, 0) is 19.9 Å². The molecule has 0 saturated heterocycles. The largest absolute Gasteiger partial charge is 0.347 e. The molecule has 6 nitrogen and oxygen atoms in total. The highest BCUT2D eigenvalue weighted by Gasteiger charge is 2.13. The van der Waals surface area contributed by atoms with Gasteiger partial charge in [0.2, 0.25) is 5.95 Å². The molecule has 2 heterocycles. The van der Waals surface area contributed by atoms with Crippen LogP contribution >= 0.6 is 11.3 Å². The maximum atomic E-state index is 12.1. The molecule has 0 aliphatic rings. The van der Waals surface area contributed by atoms with E-state index in [-0.39, 0.29) is 5.91 Å². The van der Waals surface area contributed by atoms with Crippen molar-refractivity contribution in [3.63, 3.8) is 0 Å². The molecule has 0 atom stereocenters. The molecule has 0 unspecified atom stereocenters. The Morgan fingerprint density at radius 1 is 1.35 bits per heavy atom. The van der Waals surface area contributed by atoms with Crippen LogP contribution < -0.4 is 10.2 Å². The van der Waals surface area contributed by atoms with E-state index in [2.05, 4.69) is 20.3 Å². The Balaban J connectivity index is 2.03. The Morgan fingerprint density at radius 2 is 2.10 bits per heavy atom. The Morgan fingerprint density at radius 3 is 2.70 bits per heavy atom. The van der Waals surface area contributed by atoms with Crippen molar-refractivity contribution >= 4 is 23.2 Å². The third-order valence-electron chi connectivity index (χ3n) is 2.64. The van der Waals surface area contributed by atoms with Gasteiger partial charge in [-0.2, -0.15) is 0 Å². The van der Waals surface area contributed by atoms with Crippen LogP contribution in [0, 0.1) is 13.8 Å². The lowest BCUT2D eigenvalue weighted by Gasteiger charge is -2.11. The first-order chi connectivity index (χ1) is 9.47. The van der Waals surface area contributed by atoms with Gasteiger partial charge in [-0.3, -0.25) is 4.79 Å². The molecule has 2 rings (SSSR count). The van der Waals surface area contributed by atoms with Crippen LogP contribution in [0.4, 0.5) is 5.95 Å². The van der Waals surface area contributed by atoms with Crippen LogP contribution in [0.25, 0.3) is 0 Å². The molecule has 2 aromatic rings. The number of anilines is 1. The normalized spacial score (nSPS) is 10.4. The number of nitrogens with zero attached hydrogens (tertiary/aromatic N) is 4. The number of hydrogen-bond acceptors (Lipinski definition) is 6. The van der Waals surface area contributed by atoms with E-state index < -0.39 is 0 Å². The lowest BCUT2D eigenvalue weighted by molar-refractivity contribution is 0.0953. The van der Waals surface area contributed by atoms with Gasteiger partial charge in [0.25, 0.3) is 5.91 Å². The highest BCUT2D eigenvalue weighted by Crippen LogP contribution is 2.16. The first kappa shape index (κ1) is 14.4. The first-order valence-corrected chi connectivity index (χ1v) is 7.00. The second kappa shape index (κ2) is 5.96. The first-order valence-electron chi connectivity index (χ1n) is 6.19. The van der Waals surface area contributed by atoms with Gasteiger partial charge in [0.15, 0.2) is 0 Å². The summed E-state index contributed by atoms with van der Waals surface area (Å²) in [5.41, 5.74) is 1.54. The van der Waals surface area contributed by atoms with Crippen molar-refractivity contribution in [1.82, 2.24) is 20.3 Å². The fraction of sp³-hybridized carbons (Fsp3) is 0.385. The molecule has 0 aliphatic heterocycles. The number of aromatic nitrogens is 3. The number of carbonyl (C=O) groups is 1. The van der Waals surface area contributed by atoms with Crippen molar-refractivity contribution in [2.75, 3.05) is 19.0 Å². The van der Waals surface area contributed by atoms with Crippen molar-refractivity contribution in [2.24, 2.45) is 0 Å². The van der Waals surface area contributed by atoms with Gasteiger partial charge < -0.3 is 10.2 Å². The zero-order chi connectivity index (χ0) is 14.7. The third kappa shape index (κ3) is 3.30. The van der Waals surface area contributed by atoms with Gasteiger partial charge in [-0.1, -0.05) is 0 Å². The van der Waals surface area contributed by atoms with Crippen LogP contribution in [0.3, 0.4) is 0 Å². The van der Waals surface area contributed by atoms with Crippen LogP contribution in [-0.2, 0) is 6.54 Å². The van der Waals surface area contributed by atoms with Crippen molar-refractivity contribution in [1.29, 1.82) is 0 Å². The minimum atomic E-state index is -0.113. The third-order valence-corrected chi connectivity index (χ3v) is 3.71. The van der Waals surface area contributed by atoms with Gasteiger partial charge in [-0.15, -0.1) is 11.3 Å². The number of carbonyl (C=O) groups excluding carboxylic acids is 1. The predicted octanol–water partition coefficient (Wildman–Crippen LogP) is 1.55. The molecule has 106 valence electrons. The summed E-state index contributed by atoms with van der Waals surface area (Å²) in [6.45, 7) is 4.11. The monoisotopic (exact) mass is 291 g/mol. The molecule has 0 fully saturated rings. The van der Waals surface area contributed by atoms with Gasteiger partial charge >= 0.3 is 0 Å². The fourth-order valence-electron chi connectivity index (χ4n) is 1.69. The predicted molar refractivity (Wildman–Crippen MR) is 79.1 cm³/mol. The Bertz CT molecular complexity index is 623. The van der Waals surface area contributed by atoms with Gasteiger partial charge in [-0.25, -0.2) is 15.0 Å². The molecular weight excluding hydrogens is 274 g/mol. The number of aryl methyl sites for hydroxylation is 2. The molecule has 2 aromatic heterocycles. The molecular formula is C13H17N5OS. The van der Waals surface area contributed by atoms with Gasteiger partial charge in [0, 0.05) is 20.3 Å². The van der Waals surface area contributed by atoms with E-state index >= 15 is 0 Å². The summed E-state index contributed by atoms with van der Waals surface area (Å²) in [6.07, 6.45) is 1.69. The topological polar surface area (TPSA) is 71.0 Å². The molecule has 1 amide bonds. The standard InChI is InChI=1S/C13H17N5OS/c1-8-11(20-9(2)16-8)12(19)15-7-10-5-6-14-13(17-10)18(3)4/h5-6H,7H2,1-4H3,(H,15,19). The lowest BCUT2D eigenvalue weighted by atomic mass is 10.3. The highest BCUT2D eigenvalue weighted by molar-refractivity contribution is 7.13. The minimum absolute atomic E-state index is 0.113. The van der Waals surface area contributed by atoms with E-state index in [1.54, 1.807) is 12.3 Å². The van der Waals surface area contributed by atoms with Crippen molar-refractivity contribution in [2.45, 2.75) is 20.4 Å². The molecule has 7 heteroatoms. The SMILES string of the molecule is Cc1nc(C)c(C(=O)NCc2ccnc(N(C)C)n2)s1. The lowest BCUT2D eigenvalue weighted by Crippen LogP contribution is -2.23. The summed E-state index contributed by atoms with van der Waals surface area (Å²) >= 11 is 1.40. The zero-order valence-electron chi connectivity index (χ0n) is 12.0. The van der Waals surface area contributed by atoms with Crippen molar-refractivity contribution in [3.8, 4) is 0 Å². The fourth-order valence-corrected chi connectivity index (χ4v) is 2.53. The highest BCUT2D eigenvalue weighted by atomic mass is 32.1. The number of hydrogen-bond donors (Lipinski definition) is 1. The van der Waals surface area contributed by atoms with Gasteiger partial charge in [0.05, 0.1) is 22.9 Å². The number of thiazole rings is 1. The number of nitrogens with one attached hydrogen (secondary N) is 1. The summed E-state index contributed by atoms with van der Waals surface area (Å²) in [5, 5.41) is 3.75. The van der Waals surface area contributed by atoms with Gasteiger partial charge in [0.1, 0.15) is 4.88 Å². The molecule has 0 aromatic carbocycles. The maximum absolute atomic E-state index is 12.1. The van der Waals surface area contributed by atoms with E-state index in [1.165, 1.54) is 11.3 Å². The molecule has 1 N–H and O–H groups in total. The smallest absolute Gasteiger partial charge is 0.263 e. The summed E-state index contributed by atoms with van der Waals surface area (Å²) < 4.78 is 0.